The first-order valence-corrected chi connectivity index (χ1v) is 12.6. The maximum atomic E-state index is 14.7. The van der Waals surface area contributed by atoms with Crippen molar-refractivity contribution in [1.29, 1.82) is 0 Å². The molecule has 3 atom stereocenters. The Morgan fingerprint density at radius 2 is 1.97 bits per heavy atom. The summed E-state index contributed by atoms with van der Waals surface area (Å²) in [4.78, 5) is 15.8. The minimum absolute atomic E-state index is 0.108. The third kappa shape index (κ3) is 4.61. The summed E-state index contributed by atoms with van der Waals surface area (Å²) in [7, 11) is 0. The number of urea groups is 1. The molecule has 0 radical (unpaired) electrons. The van der Waals surface area contributed by atoms with Crippen LogP contribution in [0.3, 0.4) is 0 Å². The van der Waals surface area contributed by atoms with Crippen LogP contribution in [0.15, 0.2) is 65.8 Å². The van der Waals surface area contributed by atoms with E-state index in [2.05, 4.69) is 27.5 Å². The first kappa shape index (κ1) is 23.7. The predicted molar refractivity (Wildman–Crippen MR) is 133 cm³/mol. The first-order valence-electron chi connectivity index (χ1n) is 12.6. The number of hydrogen-bond donors (Lipinski definition) is 1. The van der Waals surface area contributed by atoms with E-state index in [4.69, 9.17) is 0 Å². The van der Waals surface area contributed by atoms with E-state index >= 15 is 0 Å². The molecule has 1 aliphatic carbocycles. The van der Waals surface area contributed by atoms with Crippen molar-refractivity contribution < 1.29 is 13.6 Å². The fourth-order valence-corrected chi connectivity index (χ4v) is 5.83. The zero-order chi connectivity index (χ0) is 24.4. The summed E-state index contributed by atoms with van der Waals surface area (Å²) in [5.74, 6) is -0.377. The molecule has 3 aliphatic rings. The molecule has 1 fully saturated rings. The highest BCUT2D eigenvalue weighted by Crippen LogP contribution is 2.43. The van der Waals surface area contributed by atoms with E-state index < -0.39 is 17.2 Å². The summed E-state index contributed by atoms with van der Waals surface area (Å²) in [5, 5.41) is 8.95. The van der Waals surface area contributed by atoms with Crippen LogP contribution in [0.5, 0.6) is 0 Å². The van der Waals surface area contributed by atoms with Gasteiger partial charge in [-0.25, -0.2) is 18.6 Å². The van der Waals surface area contributed by atoms with Crippen molar-refractivity contribution in [1.82, 2.24) is 15.2 Å². The molecule has 0 spiro atoms. The minimum atomic E-state index is -0.765. The number of rotatable bonds is 8. The monoisotopic (exact) mass is 478 g/mol. The lowest BCUT2D eigenvalue weighted by molar-refractivity contribution is 0.121. The molecular weight excluding hydrogens is 446 g/mol. The fraction of sp³-hybridized carbons (Fsp3) is 0.429. The number of carbonyl (C=O) groups is 1. The van der Waals surface area contributed by atoms with Gasteiger partial charge >= 0.3 is 6.03 Å². The Bertz CT molecular complexity index is 1140. The van der Waals surface area contributed by atoms with E-state index in [0.717, 1.165) is 43.6 Å². The van der Waals surface area contributed by atoms with E-state index in [1.54, 1.807) is 0 Å². The molecule has 2 aromatic rings. The molecule has 0 aromatic heterocycles. The van der Waals surface area contributed by atoms with Crippen molar-refractivity contribution in [3.63, 3.8) is 0 Å². The standard InChI is InChI=1S/C28H32F2N4O/c1-2-31-27(35)34-28(21-8-4-3-5-9-21,14-6-7-15-33-19-20-10-12-23(33)16-20)18-26(32-34)24-17-22(29)11-13-25(24)30/h3-5,8-13,17,20,23H,2,6-7,14-16,18-19H2,1H3,(H,31,35). The van der Waals surface area contributed by atoms with Crippen LogP contribution in [0.2, 0.25) is 0 Å². The molecule has 7 heteroatoms. The summed E-state index contributed by atoms with van der Waals surface area (Å²) < 4.78 is 28.8. The highest BCUT2D eigenvalue weighted by molar-refractivity contribution is 6.04. The molecule has 5 nitrogen and oxygen atoms in total. The summed E-state index contributed by atoms with van der Waals surface area (Å²) >= 11 is 0. The Hall–Kier alpha value is -3.06. The third-order valence-corrected chi connectivity index (χ3v) is 7.53. The number of nitrogens with zero attached hydrogens (tertiary/aromatic N) is 3. The van der Waals surface area contributed by atoms with Crippen LogP contribution < -0.4 is 5.32 Å². The average molecular weight is 479 g/mol. The van der Waals surface area contributed by atoms with E-state index in [1.807, 2.05) is 37.3 Å². The van der Waals surface area contributed by atoms with Crippen LogP contribution in [0.25, 0.3) is 0 Å². The van der Waals surface area contributed by atoms with E-state index in [1.165, 1.54) is 17.5 Å². The van der Waals surface area contributed by atoms with Crippen molar-refractivity contribution in [2.45, 2.75) is 50.6 Å². The average Bonchev–Trinajstić information content (AvgIpc) is 3.59. The number of fused-ring (bicyclic) bond motifs is 2. The molecule has 2 heterocycles. The predicted octanol–water partition coefficient (Wildman–Crippen LogP) is 5.43. The van der Waals surface area contributed by atoms with Gasteiger partial charge in [-0.3, -0.25) is 4.90 Å². The second kappa shape index (κ2) is 9.90. The van der Waals surface area contributed by atoms with Gasteiger partial charge < -0.3 is 5.32 Å². The lowest BCUT2D eigenvalue weighted by Crippen LogP contribution is -2.48. The highest BCUT2D eigenvalue weighted by atomic mass is 19.1. The van der Waals surface area contributed by atoms with Crippen LogP contribution in [0, 0.1) is 17.6 Å². The van der Waals surface area contributed by atoms with Gasteiger partial charge in [0.05, 0.1) is 11.3 Å². The largest absolute Gasteiger partial charge is 0.338 e. The Labute approximate surface area is 205 Å². The number of halogens is 2. The summed E-state index contributed by atoms with van der Waals surface area (Å²) in [5.41, 5.74) is 0.680. The SMILES string of the molecule is CCNC(=O)N1N=C(c2cc(F)ccc2F)CC1(CCCCN1CC2C=CC1C2)c1ccccc1. The smallest absolute Gasteiger partial charge is 0.337 e. The Morgan fingerprint density at radius 1 is 1.14 bits per heavy atom. The lowest BCUT2D eigenvalue weighted by atomic mass is 9.80. The van der Waals surface area contributed by atoms with Crippen LogP contribution >= 0.6 is 0 Å². The number of carbonyl (C=O) groups excluding carboxylic acids is 1. The number of likely N-dealkylation sites (tertiary alicyclic amines) is 1. The number of unbranched alkanes of at least 4 members (excludes halogenated alkanes) is 1. The molecule has 1 N–H and O–H groups in total. The zero-order valence-corrected chi connectivity index (χ0v) is 20.1. The quantitative estimate of drug-likeness (QED) is 0.406. The van der Waals surface area contributed by atoms with Crippen LogP contribution in [0.4, 0.5) is 13.6 Å². The van der Waals surface area contributed by atoms with Gasteiger partial charge in [0, 0.05) is 31.1 Å². The molecule has 2 aliphatic heterocycles. The molecule has 35 heavy (non-hydrogen) atoms. The van der Waals surface area contributed by atoms with Crippen molar-refractivity contribution in [3.05, 3.63) is 83.4 Å². The zero-order valence-electron chi connectivity index (χ0n) is 20.1. The molecule has 1 saturated heterocycles. The Morgan fingerprint density at radius 3 is 2.69 bits per heavy atom. The van der Waals surface area contributed by atoms with E-state index in [-0.39, 0.29) is 11.6 Å². The molecule has 2 aromatic carbocycles. The van der Waals surface area contributed by atoms with Gasteiger partial charge in [0.15, 0.2) is 0 Å². The minimum Gasteiger partial charge on any atom is -0.337 e. The van der Waals surface area contributed by atoms with Crippen molar-refractivity contribution in [2.24, 2.45) is 11.0 Å². The molecule has 3 unspecified atom stereocenters. The molecular formula is C28H32F2N4O. The summed E-state index contributed by atoms with van der Waals surface area (Å²) in [6, 6.07) is 13.4. The number of benzene rings is 2. The van der Waals surface area contributed by atoms with Gasteiger partial charge in [0.2, 0.25) is 0 Å². The van der Waals surface area contributed by atoms with E-state index in [0.29, 0.717) is 37.1 Å². The van der Waals surface area contributed by atoms with Gasteiger partial charge in [-0.15, -0.1) is 0 Å². The number of hydrazone groups is 1. The van der Waals surface area contributed by atoms with Gasteiger partial charge in [0.1, 0.15) is 11.6 Å². The van der Waals surface area contributed by atoms with Crippen LogP contribution in [-0.2, 0) is 5.54 Å². The van der Waals surface area contributed by atoms with Gasteiger partial charge in [-0.2, -0.15) is 5.10 Å². The van der Waals surface area contributed by atoms with Crippen LogP contribution in [0.1, 0.15) is 50.2 Å². The molecule has 0 saturated carbocycles. The van der Waals surface area contributed by atoms with E-state index in [9.17, 15) is 13.6 Å². The van der Waals surface area contributed by atoms with Gasteiger partial charge in [-0.1, -0.05) is 42.5 Å². The maximum Gasteiger partial charge on any atom is 0.338 e. The highest BCUT2D eigenvalue weighted by Gasteiger charge is 2.47. The molecule has 2 bridgehead atoms. The Balaban J connectivity index is 1.42. The number of nitrogens with one attached hydrogen (secondary N) is 1. The fourth-order valence-electron chi connectivity index (χ4n) is 5.83. The number of hydrogen-bond acceptors (Lipinski definition) is 3. The van der Waals surface area contributed by atoms with Gasteiger partial charge in [0.25, 0.3) is 0 Å². The van der Waals surface area contributed by atoms with Crippen molar-refractivity contribution in [2.75, 3.05) is 19.6 Å². The normalized spacial score (nSPS) is 25.3. The van der Waals surface area contributed by atoms with Gasteiger partial charge in [-0.05, 0) is 68.8 Å². The second-order valence-electron chi connectivity index (χ2n) is 9.79. The number of amides is 2. The molecule has 2 amide bonds. The lowest BCUT2D eigenvalue weighted by Gasteiger charge is -2.37. The van der Waals surface area contributed by atoms with Crippen LogP contribution in [-0.4, -0.2) is 47.3 Å². The maximum absolute atomic E-state index is 14.7. The first-order chi connectivity index (χ1) is 17.0. The topological polar surface area (TPSA) is 47.9 Å². The molecule has 5 rings (SSSR count). The third-order valence-electron chi connectivity index (χ3n) is 7.53. The molecule has 184 valence electrons. The second-order valence-corrected chi connectivity index (χ2v) is 9.79. The summed E-state index contributed by atoms with van der Waals surface area (Å²) in [6.07, 6.45) is 8.77. The summed E-state index contributed by atoms with van der Waals surface area (Å²) in [6.45, 7) is 4.45. The van der Waals surface area contributed by atoms with Crippen molar-refractivity contribution in [3.8, 4) is 0 Å². The van der Waals surface area contributed by atoms with Crippen molar-refractivity contribution >= 4 is 11.7 Å². The Kier molecular flexibility index (Phi) is 6.69.